The molecule has 1 aliphatic heterocycles. The molecule has 1 heterocycles. The maximum Gasteiger partial charge on any atom is 0.362 e. The second-order valence-corrected chi connectivity index (χ2v) is 1.44. The molecule has 0 aromatic carbocycles. The molecule has 2 nitrogen and oxygen atoms in total. The molecule has 0 amide bonds. The van der Waals surface area contributed by atoms with Gasteiger partial charge in [-0.05, 0) is 12.3 Å². The monoisotopic (exact) mass is 94.1 g/mol. The van der Waals surface area contributed by atoms with Crippen LogP contribution in [0.25, 0.3) is 0 Å². The molecule has 0 unspecified atom stereocenters. The van der Waals surface area contributed by atoms with Crippen LogP contribution in [0.1, 0.15) is 0 Å². The number of nitrogens with two attached hydrogens (primary N) is 1. The van der Waals surface area contributed by atoms with Gasteiger partial charge < -0.3 is 10.9 Å². The summed E-state index contributed by atoms with van der Waals surface area (Å²) in [6.45, 7) is 0.0185. The number of rotatable bonds is 0. The molecule has 0 fully saturated rings. The molecule has 1 aliphatic rings. The van der Waals surface area contributed by atoms with E-state index >= 15 is 0 Å². The average Bonchev–Trinajstić information content (AvgIpc) is 1.69. The zero-order valence-corrected chi connectivity index (χ0v) is 3.96. The van der Waals surface area contributed by atoms with Crippen LogP contribution in [0.4, 0.5) is 0 Å². The van der Waals surface area contributed by atoms with Gasteiger partial charge in [0.2, 0.25) is 0 Å². The molecule has 3 N–H and O–H groups in total. The van der Waals surface area contributed by atoms with Gasteiger partial charge in [0.25, 0.3) is 0 Å². The summed E-state index contributed by atoms with van der Waals surface area (Å²) in [5.74, 6) is 1.89. The molecule has 0 saturated carbocycles. The third kappa shape index (κ3) is 1.09. The van der Waals surface area contributed by atoms with Crippen molar-refractivity contribution in [2.45, 2.75) is 0 Å². The minimum Gasteiger partial charge on any atom is -0.417 e. The van der Waals surface area contributed by atoms with E-state index in [1.807, 2.05) is 24.3 Å². The maximum absolute atomic E-state index is 5.39. The summed E-state index contributed by atoms with van der Waals surface area (Å²) in [4.78, 5) is 0. The molecule has 7 heavy (non-hydrogen) atoms. The van der Waals surface area contributed by atoms with Gasteiger partial charge in [-0.25, -0.2) is 0 Å². The van der Waals surface area contributed by atoms with Crippen molar-refractivity contribution in [3.8, 4) is 0 Å². The van der Waals surface area contributed by atoms with Crippen LogP contribution in [-0.2, 0) is 0 Å². The van der Waals surface area contributed by atoms with Crippen LogP contribution in [-0.4, -0.2) is 6.98 Å². The summed E-state index contributed by atoms with van der Waals surface area (Å²) < 4.78 is 0. The Kier molecular flexibility index (Phi) is 1.17. The summed E-state index contributed by atoms with van der Waals surface area (Å²) in [7, 11) is 0. The van der Waals surface area contributed by atoms with Crippen LogP contribution in [0.5, 0.6) is 0 Å². The molecule has 36 valence electrons. The molecule has 0 aromatic rings. The van der Waals surface area contributed by atoms with Crippen molar-refractivity contribution in [2.75, 3.05) is 0 Å². The summed E-state index contributed by atoms with van der Waals surface area (Å²) >= 11 is 0. The molecule has 0 aliphatic carbocycles. The van der Waals surface area contributed by atoms with E-state index in [0.717, 1.165) is 0 Å². The van der Waals surface area contributed by atoms with E-state index in [9.17, 15) is 0 Å². The van der Waals surface area contributed by atoms with Crippen LogP contribution in [0.3, 0.4) is 0 Å². The summed E-state index contributed by atoms with van der Waals surface area (Å²) in [5, 5.41) is 2.89. The van der Waals surface area contributed by atoms with Gasteiger partial charge in [-0.1, -0.05) is 12.1 Å². The second kappa shape index (κ2) is 1.84. The maximum atomic E-state index is 5.39. The number of hydrogen-bond acceptors (Lipinski definition) is 2. The van der Waals surface area contributed by atoms with Crippen molar-refractivity contribution < 1.29 is 0 Å². The molecule has 3 heteroatoms. The topological polar surface area (TPSA) is 38.0 Å². The van der Waals surface area contributed by atoms with Crippen LogP contribution in [0, 0.1) is 0 Å². The van der Waals surface area contributed by atoms with E-state index < -0.39 is 0 Å². The summed E-state index contributed by atoms with van der Waals surface area (Å²) in [5.41, 5.74) is 5.39. The normalized spacial score (nSPS) is 17.0. The number of hydrogen-bond donors (Lipinski definition) is 2. The standard InChI is InChI=1S/C4H7BN2/c6-5-3-1-2-4-7-5/h1-4,7H,6H2. The SMILES string of the molecule is NB1C=CC=CN1. The Morgan fingerprint density at radius 1 is 1.43 bits per heavy atom. The zero-order valence-electron chi connectivity index (χ0n) is 3.96. The molecule has 0 aromatic heterocycles. The van der Waals surface area contributed by atoms with Gasteiger partial charge in [0.1, 0.15) is 0 Å². The molecular formula is C4H7BN2. The highest BCUT2D eigenvalue weighted by Crippen LogP contribution is 1.81. The molecule has 0 bridgehead atoms. The quantitative estimate of drug-likeness (QED) is 0.402. The highest BCUT2D eigenvalue weighted by molar-refractivity contribution is 6.58. The fourth-order valence-electron chi connectivity index (χ4n) is 0.462. The fourth-order valence-corrected chi connectivity index (χ4v) is 0.462. The lowest BCUT2D eigenvalue weighted by Crippen LogP contribution is -2.38. The first-order valence-electron chi connectivity index (χ1n) is 2.24. The second-order valence-electron chi connectivity index (χ2n) is 1.44. The van der Waals surface area contributed by atoms with Crippen LogP contribution >= 0.6 is 0 Å². The zero-order chi connectivity index (χ0) is 5.11. The highest BCUT2D eigenvalue weighted by atomic mass is 14.8. The van der Waals surface area contributed by atoms with E-state index in [1.54, 1.807) is 0 Å². The molecule has 0 atom stereocenters. The fraction of sp³-hybridized carbons (Fsp3) is 0. The van der Waals surface area contributed by atoms with Crippen molar-refractivity contribution >= 4 is 6.98 Å². The lowest BCUT2D eigenvalue weighted by molar-refractivity contribution is 1.29. The minimum atomic E-state index is 0.0185. The Balaban J connectivity index is 2.49. The third-order valence-corrected chi connectivity index (χ3v) is 0.814. The Bertz CT molecular complexity index is 108. The molecule has 1 rings (SSSR count). The predicted octanol–water partition coefficient (Wildman–Crippen LogP) is -0.354. The van der Waals surface area contributed by atoms with Gasteiger partial charge in [0.05, 0.1) is 0 Å². The van der Waals surface area contributed by atoms with Crippen molar-refractivity contribution in [1.82, 2.24) is 5.23 Å². The first-order valence-corrected chi connectivity index (χ1v) is 2.24. The van der Waals surface area contributed by atoms with Crippen LogP contribution < -0.4 is 10.9 Å². The van der Waals surface area contributed by atoms with Crippen LogP contribution in [0.15, 0.2) is 24.3 Å². The van der Waals surface area contributed by atoms with Crippen molar-refractivity contribution in [3.63, 3.8) is 0 Å². The first-order chi connectivity index (χ1) is 3.39. The van der Waals surface area contributed by atoms with Gasteiger partial charge in [0, 0.05) is 0 Å². The third-order valence-electron chi connectivity index (χ3n) is 0.814. The predicted molar refractivity (Wildman–Crippen MR) is 31.4 cm³/mol. The highest BCUT2D eigenvalue weighted by Gasteiger charge is 1.99. The summed E-state index contributed by atoms with van der Waals surface area (Å²) in [6, 6.07) is 0. The van der Waals surface area contributed by atoms with Crippen molar-refractivity contribution in [3.05, 3.63) is 24.3 Å². The lowest BCUT2D eigenvalue weighted by atomic mass is 9.78. The first kappa shape index (κ1) is 4.46. The van der Waals surface area contributed by atoms with E-state index in [0.29, 0.717) is 0 Å². The van der Waals surface area contributed by atoms with Gasteiger partial charge in [-0.3, -0.25) is 0 Å². The van der Waals surface area contributed by atoms with Gasteiger partial charge in [-0.15, -0.1) is 0 Å². The Morgan fingerprint density at radius 2 is 2.29 bits per heavy atom. The van der Waals surface area contributed by atoms with Crippen molar-refractivity contribution in [2.24, 2.45) is 5.64 Å². The van der Waals surface area contributed by atoms with Gasteiger partial charge in [-0.2, -0.15) is 0 Å². The number of nitrogens with one attached hydrogen (secondary N) is 1. The van der Waals surface area contributed by atoms with E-state index in [4.69, 9.17) is 5.64 Å². The van der Waals surface area contributed by atoms with E-state index in [2.05, 4.69) is 5.23 Å². The van der Waals surface area contributed by atoms with Gasteiger partial charge >= 0.3 is 6.98 Å². The largest absolute Gasteiger partial charge is 0.417 e. The average molecular weight is 93.9 g/mol. The minimum absolute atomic E-state index is 0.0185. The van der Waals surface area contributed by atoms with E-state index in [1.165, 1.54) is 0 Å². The molecule has 0 saturated heterocycles. The van der Waals surface area contributed by atoms with Crippen molar-refractivity contribution in [1.29, 1.82) is 0 Å². The molecular weight excluding hydrogens is 86.9 g/mol. The summed E-state index contributed by atoms with van der Waals surface area (Å²) in [6.07, 6.45) is 5.65. The Hall–Kier alpha value is -0.695. The lowest BCUT2D eigenvalue weighted by Gasteiger charge is -2.02. The molecule has 0 radical (unpaired) electrons. The van der Waals surface area contributed by atoms with Crippen LogP contribution in [0.2, 0.25) is 0 Å². The molecule has 0 spiro atoms. The Labute approximate surface area is 43.2 Å². The van der Waals surface area contributed by atoms with Gasteiger partial charge in [0.15, 0.2) is 0 Å². The smallest absolute Gasteiger partial charge is 0.362 e. The number of allylic oxidation sites excluding steroid dienone is 2. The Morgan fingerprint density at radius 3 is 2.57 bits per heavy atom. The van der Waals surface area contributed by atoms with E-state index in [-0.39, 0.29) is 6.98 Å².